The quantitative estimate of drug-likeness (QED) is 0.0525. The van der Waals surface area contributed by atoms with Gasteiger partial charge in [0.1, 0.15) is 54.9 Å². The van der Waals surface area contributed by atoms with Crippen molar-refractivity contribution in [2.45, 2.75) is 201 Å². The van der Waals surface area contributed by atoms with E-state index < -0.39 is 116 Å². The minimum atomic E-state index is -1.45. The molecule has 3 saturated heterocycles. The normalized spacial score (nSPS) is 43.3. The summed E-state index contributed by atoms with van der Waals surface area (Å²) in [6.45, 7) is 4.22. The van der Waals surface area contributed by atoms with E-state index in [-0.39, 0.29) is 13.0 Å². The second-order valence-electron chi connectivity index (χ2n) is 15.8. The van der Waals surface area contributed by atoms with Crippen LogP contribution in [0.1, 0.15) is 84.5 Å². The summed E-state index contributed by atoms with van der Waals surface area (Å²) in [5.74, 6) is 2.53. The second-order valence-corrected chi connectivity index (χ2v) is 18.1. The summed E-state index contributed by atoms with van der Waals surface area (Å²) < 4.78 is 37.2. The first-order valence-corrected chi connectivity index (χ1v) is 23.0. The Morgan fingerprint density at radius 2 is 0.964 bits per heavy atom. The van der Waals surface area contributed by atoms with Crippen molar-refractivity contribution in [2.24, 2.45) is 28.7 Å². The molecule has 1 saturated carbocycles. The first kappa shape index (κ1) is 48.7. The molecule has 0 bridgehead atoms. The Bertz CT molecular complexity index is 1100. The highest BCUT2D eigenvalue weighted by atomic mass is 32.2. The maximum Gasteiger partial charge on any atom is 0.187 e. The lowest BCUT2D eigenvalue weighted by Crippen LogP contribution is -2.68. The zero-order valence-corrected chi connectivity index (χ0v) is 34.8. The lowest BCUT2D eigenvalue weighted by atomic mass is 9.84. The summed E-state index contributed by atoms with van der Waals surface area (Å²) in [6.07, 6.45) is -6.41. The molecule has 19 atom stereocenters. The Morgan fingerprint density at radius 1 is 0.500 bits per heavy atom. The molecule has 0 aromatic carbocycles. The molecule has 1 unspecified atom stereocenters. The van der Waals surface area contributed by atoms with Crippen LogP contribution in [0.25, 0.3) is 0 Å². The topological polar surface area (TPSA) is 307 Å². The molecule has 3 heterocycles. The number of thioether (sulfide) groups is 2. The van der Waals surface area contributed by atoms with Gasteiger partial charge in [-0.2, -0.15) is 23.5 Å². The number of hydrogen-bond acceptors (Lipinski definition) is 19. The highest BCUT2D eigenvalue weighted by molar-refractivity contribution is 7.99. The summed E-state index contributed by atoms with van der Waals surface area (Å²) in [7, 11) is 0. The van der Waals surface area contributed by atoms with Crippen molar-refractivity contribution in [1.29, 1.82) is 0 Å². The van der Waals surface area contributed by atoms with E-state index in [1.54, 1.807) is 23.5 Å². The van der Waals surface area contributed by atoms with E-state index in [4.69, 9.17) is 57.1 Å². The Balaban J connectivity index is 1.47. The molecule has 3 aliphatic heterocycles. The van der Waals surface area contributed by atoms with Crippen molar-refractivity contribution in [3.05, 3.63) is 0 Å². The molecule has 1 aliphatic carbocycles. The van der Waals surface area contributed by atoms with Crippen molar-refractivity contribution in [2.75, 3.05) is 29.6 Å². The zero-order chi connectivity index (χ0) is 40.9. The summed E-state index contributed by atoms with van der Waals surface area (Å²) in [5.41, 5.74) is 31.2. The van der Waals surface area contributed by atoms with Crippen LogP contribution in [0.4, 0.5) is 0 Å². The third-order valence-electron chi connectivity index (χ3n) is 11.3. The number of aliphatic hydroxyl groups excluding tert-OH is 6. The smallest absolute Gasteiger partial charge is 0.187 e. The summed E-state index contributed by atoms with van der Waals surface area (Å²) in [4.78, 5) is 0. The van der Waals surface area contributed by atoms with Gasteiger partial charge in [0, 0.05) is 30.1 Å². The van der Waals surface area contributed by atoms with Crippen LogP contribution in [0.3, 0.4) is 0 Å². The molecule has 4 rings (SSSR count). The van der Waals surface area contributed by atoms with Crippen molar-refractivity contribution in [1.82, 2.24) is 0 Å². The maximum atomic E-state index is 11.7. The molecule has 0 amide bonds. The predicted molar refractivity (Wildman–Crippen MR) is 214 cm³/mol. The number of nitrogens with two attached hydrogens (primary N) is 5. The van der Waals surface area contributed by atoms with Crippen LogP contribution in [0.15, 0.2) is 0 Å². The molecular formula is C37H73N5O12S2. The Morgan fingerprint density at radius 3 is 1.52 bits per heavy atom. The number of ether oxygens (including phenoxy) is 6. The van der Waals surface area contributed by atoms with E-state index in [9.17, 15) is 30.6 Å². The lowest BCUT2D eigenvalue weighted by molar-refractivity contribution is -0.305. The molecular weight excluding hydrogens is 771 g/mol. The van der Waals surface area contributed by atoms with E-state index in [1.807, 2.05) is 0 Å². The summed E-state index contributed by atoms with van der Waals surface area (Å²) >= 11 is 3.24. The van der Waals surface area contributed by atoms with Crippen LogP contribution in [0.2, 0.25) is 0 Å². The van der Waals surface area contributed by atoms with Gasteiger partial charge in [0.2, 0.25) is 0 Å². The fourth-order valence-corrected chi connectivity index (χ4v) is 9.85. The van der Waals surface area contributed by atoms with E-state index in [1.165, 1.54) is 19.3 Å². The highest BCUT2D eigenvalue weighted by Gasteiger charge is 2.54. The average Bonchev–Trinajstić information content (AvgIpc) is 3.47. The van der Waals surface area contributed by atoms with Crippen molar-refractivity contribution >= 4 is 23.5 Å². The average molecular weight is 844 g/mol. The van der Waals surface area contributed by atoms with Gasteiger partial charge in [-0.15, -0.1) is 0 Å². The molecule has 19 heteroatoms. The van der Waals surface area contributed by atoms with E-state index in [0.29, 0.717) is 11.5 Å². The van der Waals surface area contributed by atoms with Gasteiger partial charge in [-0.1, -0.05) is 65.2 Å². The third-order valence-corrected chi connectivity index (χ3v) is 13.6. The fourth-order valence-electron chi connectivity index (χ4n) is 7.69. The Labute approximate surface area is 340 Å². The number of aliphatic hydroxyl groups is 6. The van der Waals surface area contributed by atoms with Crippen LogP contribution >= 0.6 is 23.5 Å². The molecule has 56 heavy (non-hydrogen) atoms. The lowest BCUT2D eigenvalue weighted by Gasteiger charge is -2.47. The Hall–Kier alpha value is 0.0200. The Kier molecular flexibility index (Phi) is 21.3. The van der Waals surface area contributed by atoms with Crippen LogP contribution in [-0.2, 0) is 28.4 Å². The third kappa shape index (κ3) is 13.0. The molecule has 0 aromatic heterocycles. The van der Waals surface area contributed by atoms with Crippen LogP contribution in [0.5, 0.6) is 0 Å². The molecule has 0 spiro atoms. The second kappa shape index (κ2) is 24.5. The highest BCUT2D eigenvalue weighted by Crippen LogP contribution is 2.36. The van der Waals surface area contributed by atoms with Crippen molar-refractivity contribution in [3.63, 3.8) is 0 Å². The van der Waals surface area contributed by atoms with Gasteiger partial charge in [-0.05, 0) is 30.8 Å². The molecule has 0 radical (unpaired) electrons. The van der Waals surface area contributed by atoms with Gasteiger partial charge in [0.15, 0.2) is 18.9 Å². The SMILES string of the molecule is CCCCCCCSC[C@H]1O[C@H](O[C@H]2[C@H](O[C@@H]3O[C@H](CSCCCCCCC)[C@@H](O[C@H]4OC(CN)[C@@H](O)[C@H](O)[C@H]4N)[C@H]3O)[C@@H](O)[C@H](N)C[C@@H]2N)[C@H](N)[C@@H](O)[C@@H]1O. The molecule has 4 fully saturated rings. The first-order valence-electron chi connectivity index (χ1n) is 20.7. The summed E-state index contributed by atoms with van der Waals surface area (Å²) in [5, 5.41) is 65.9. The van der Waals surface area contributed by atoms with Gasteiger partial charge >= 0.3 is 0 Å². The van der Waals surface area contributed by atoms with E-state index >= 15 is 0 Å². The number of rotatable bonds is 23. The molecule has 330 valence electrons. The van der Waals surface area contributed by atoms with E-state index in [2.05, 4.69) is 13.8 Å². The molecule has 4 aliphatic rings. The zero-order valence-electron chi connectivity index (χ0n) is 33.1. The molecule has 17 nitrogen and oxygen atoms in total. The standard InChI is InChI=1S/C37H73N5O12S2/c1-3-5-7-9-11-13-55-17-22-28(45)30(47)25(42)36(50-22)52-32-20(40)15-19(39)26(43)34(32)54-37-31(48)33(23(51-37)18-56-14-12-10-8-6-4-2)53-35-24(41)29(46)27(44)21(16-38)49-35/h19-37,43-48H,3-18,38-42H2,1-2H3/t19-,20+,21?,22-,23-,24-,25-,26+,27-,28-,29-,30-,31-,32-,33-,34-,35-,36-,37+/m1/s1. The maximum absolute atomic E-state index is 11.7. The van der Waals surface area contributed by atoms with Gasteiger partial charge in [0.05, 0.1) is 30.4 Å². The summed E-state index contributed by atoms with van der Waals surface area (Å²) in [6, 6.07) is -3.92. The molecule has 16 N–H and O–H groups in total. The van der Waals surface area contributed by atoms with Gasteiger partial charge < -0.3 is 87.7 Å². The van der Waals surface area contributed by atoms with Crippen molar-refractivity contribution < 1.29 is 59.1 Å². The minimum Gasteiger partial charge on any atom is -0.389 e. The number of hydrogen-bond donors (Lipinski definition) is 11. The van der Waals surface area contributed by atoms with Crippen LogP contribution in [-0.4, -0.2) is 176 Å². The largest absolute Gasteiger partial charge is 0.389 e. The van der Waals surface area contributed by atoms with Gasteiger partial charge in [0.25, 0.3) is 0 Å². The minimum absolute atomic E-state index is 0.109. The first-order chi connectivity index (χ1) is 26.8. The predicted octanol–water partition coefficient (Wildman–Crippen LogP) is -1.44. The molecule has 0 aromatic rings. The van der Waals surface area contributed by atoms with Gasteiger partial charge in [-0.25, -0.2) is 0 Å². The van der Waals surface area contributed by atoms with Crippen LogP contribution in [0, 0.1) is 0 Å². The van der Waals surface area contributed by atoms with Gasteiger partial charge in [-0.3, -0.25) is 0 Å². The monoisotopic (exact) mass is 843 g/mol. The fraction of sp³-hybridized carbons (Fsp3) is 1.00. The van der Waals surface area contributed by atoms with Crippen molar-refractivity contribution in [3.8, 4) is 0 Å². The van der Waals surface area contributed by atoms with E-state index in [0.717, 1.165) is 56.5 Å². The van der Waals surface area contributed by atoms with Crippen LogP contribution < -0.4 is 28.7 Å². The number of unbranched alkanes of at least 4 members (excludes halogenated alkanes) is 8.